The van der Waals surface area contributed by atoms with E-state index in [2.05, 4.69) is 0 Å². The molecule has 0 radical (unpaired) electrons. The molecule has 0 aliphatic carbocycles. The fraction of sp³-hybridized carbons (Fsp3) is 0.143. The highest BCUT2D eigenvalue weighted by Crippen LogP contribution is 2.23. The maximum Gasteiger partial charge on any atom is 0.239 e. The summed E-state index contributed by atoms with van der Waals surface area (Å²) in [5, 5.41) is 5.30. The summed E-state index contributed by atoms with van der Waals surface area (Å²) >= 11 is 11.1. The molecular formula is C14H15Cl2NO6S3. The van der Waals surface area contributed by atoms with E-state index in [-0.39, 0.29) is 9.92 Å². The van der Waals surface area contributed by atoms with Gasteiger partial charge in [-0.15, -0.1) is 0 Å². The molecule has 7 nitrogen and oxygen atoms in total. The third kappa shape index (κ3) is 6.86. The van der Waals surface area contributed by atoms with Gasteiger partial charge in [-0.25, -0.2) is 30.4 Å². The van der Waals surface area contributed by atoms with Crippen molar-refractivity contribution in [3.05, 3.63) is 52.5 Å². The van der Waals surface area contributed by atoms with E-state index < -0.39 is 34.6 Å². The molecule has 0 aliphatic rings. The second-order valence-corrected chi connectivity index (χ2v) is 11.5. The van der Waals surface area contributed by atoms with Crippen LogP contribution in [0, 0.1) is 0 Å². The van der Waals surface area contributed by atoms with Crippen molar-refractivity contribution in [1.29, 1.82) is 0 Å². The smallest absolute Gasteiger partial charge is 0.225 e. The van der Waals surface area contributed by atoms with Crippen molar-refractivity contribution >= 4 is 52.9 Å². The lowest BCUT2D eigenvalue weighted by Crippen LogP contribution is -2.13. The van der Waals surface area contributed by atoms with Crippen LogP contribution in [-0.2, 0) is 29.7 Å². The maximum atomic E-state index is 11.1. The van der Waals surface area contributed by atoms with E-state index in [4.69, 9.17) is 28.3 Å². The van der Waals surface area contributed by atoms with Crippen LogP contribution in [0.3, 0.4) is 0 Å². The number of sulfone groups is 2. The molecule has 0 heterocycles. The first-order valence-electron chi connectivity index (χ1n) is 6.60. The lowest BCUT2D eigenvalue weighted by Gasteiger charge is -2.03. The highest BCUT2D eigenvalue weighted by atomic mass is 35.5. The van der Waals surface area contributed by atoms with Crippen molar-refractivity contribution in [3.8, 4) is 0 Å². The Balaban J connectivity index is 0.000000273. The number of rotatable bonds is 3. The zero-order valence-electron chi connectivity index (χ0n) is 13.5. The van der Waals surface area contributed by atoms with Gasteiger partial charge in [0.25, 0.3) is 0 Å². The van der Waals surface area contributed by atoms with E-state index in [1.54, 1.807) is 12.1 Å². The zero-order valence-corrected chi connectivity index (χ0v) is 17.5. The molecule has 0 saturated heterocycles. The first-order valence-corrected chi connectivity index (χ1v) is 12.7. The monoisotopic (exact) mass is 459 g/mol. The molecule has 12 heteroatoms. The first kappa shape index (κ1) is 22.9. The minimum absolute atomic E-state index is 0.107. The number of hydrogen-bond donors (Lipinski definition) is 1. The number of primary sulfonamides is 1. The summed E-state index contributed by atoms with van der Waals surface area (Å²) < 4.78 is 66.2. The summed E-state index contributed by atoms with van der Waals surface area (Å²) in [6, 6.07) is 9.40. The third-order valence-electron chi connectivity index (χ3n) is 2.88. The molecule has 0 unspecified atom stereocenters. The van der Waals surface area contributed by atoms with Gasteiger partial charge in [0.1, 0.15) is 4.90 Å². The lowest BCUT2D eigenvalue weighted by atomic mass is 10.4. The summed E-state index contributed by atoms with van der Waals surface area (Å²) in [6.45, 7) is 0. The molecule has 0 amide bonds. The molecule has 0 bridgehead atoms. The fourth-order valence-corrected chi connectivity index (χ4v) is 4.16. The van der Waals surface area contributed by atoms with Crippen molar-refractivity contribution in [2.24, 2.45) is 5.14 Å². The minimum atomic E-state index is -4.01. The normalized spacial score (nSPS) is 12.2. The highest BCUT2D eigenvalue weighted by Gasteiger charge is 2.17. The van der Waals surface area contributed by atoms with Crippen LogP contribution in [0.5, 0.6) is 0 Å². The summed E-state index contributed by atoms with van der Waals surface area (Å²) in [5.41, 5.74) is 0. The topological polar surface area (TPSA) is 128 Å². The van der Waals surface area contributed by atoms with E-state index in [9.17, 15) is 25.3 Å². The van der Waals surface area contributed by atoms with E-state index in [1.807, 2.05) is 0 Å². The molecule has 0 saturated carbocycles. The van der Waals surface area contributed by atoms with Gasteiger partial charge >= 0.3 is 0 Å². The fourth-order valence-electron chi connectivity index (χ4n) is 1.61. The van der Waals surface area contributed by atoms with E-state index in [0.29, 0.717) is 9.92 Å². The molecule has 0 aliphatic heterocycles. The average molecular weight is 460 g/mol. The van der Waals surface area contributed by atoms with Crippen molar-refractivity contribution < 1.29 is 25.3 Å². The SMILES string of the molecule is CS(=O)(=O)c1ccc(Cl)c(S(N)(=O)=O)c1.CS(=O)(=O)c1ccc(Cl)cc1. The Morgan fingerprint density at radius 1 is 0.731 bits per heavy atom. The Kier molecular flexibility index (Phi) is 7.25. The Morgan fingerprint density at radius 3 is 1.54 bits per heavy atom. The quantitative estimate of drug-likeness (QED) is 0.747. The molecule has 0 atom stereocenters. The molecule has 26 heavy (non-hydrogen) atoms. The van der Waals surface area contributed by atoms with E-state index in [0.717, 1.165) is 18.6 Å². The van der Waals surface area contributed by atoms with Gasteiger partial charge in [0.2, 0.25) is 10.0 Å². The van der Waals surface area contributed by atoms with Crippen LogP contribution < -0.4 is 5.14 Å². The molecule has 2 aromatic carbocycles. The number of halogens is 2. The van der Waals surface area contributed by atoms with Gasteiger partial charge in [0, 0.05) is 17.5 Å². The number of sulfonamides is 1. The third-order valence-corrected chi connectivity index (χ3v) is 6.76. The van der Waals surface area contributed by atoms with Crippen LogP contribution in [-0.4, -0.2) is 37.8 Å². The van der Waals surface area contributed by atoms with Gasteiger partial charge in [-0.05, 0) is 42.5 Å². The number of hydrogen-bond acceptors (Lipinski definition) is 6. The van der Waals surface area contributed by atoms with Gasteiger partial charge in [0.15, 0.2) is 19.7 Å². The average Bonchev–Trinajstić information content (AvgIpc) is 2.45. The van der Waals surface area contributed by atoms with Gasteiger partial charge < -0.3 is 0 Å². The maximum absolute atomic E-state index is 11.1. The Morgan fingerprint density at radius 2 is 1.15 bits per heavy atom. The van der Waals surface area contributed by atoms with E-state index >= 15 is 0 Å². The van der Waals surface area contributed by atoms with Crippen molar-refractivity contribution in [2.45, 2.75) is 14.7 Å². The molecular weight excluding hydrogens is 445 g/mol. The summed E-state index contributed by atoms with van der Waals surface area (Å²) in [5.74, 6) is 0. The van der Waals surface area contributed by atoms with Crippen LogP contribution in [0.15, 0.2) is 57.2 Å². The van der Waals surface area contributed by atoms with Crippen LogP contribution in [0.4, 0.5) is 0 Å². The molecule has 0 spiro atoms. The molecule has 0 fully saturated rings. The van der Waals surface area contributed by atoms with Crippen LogP contribution in [0.25, 0.3) is 0 Å². The molecule has 2 aromatic rings. The minimum Gasteiger partial charge on any atom is -0.225 e. The highest BCUT2D eigenvalue weighted by molar-refractivity contribution is 7.91. The van der Waals surface area contributed by atoms with E-state index in [1.165, 1.54) is 24.3 Å². The molecule has 2 N–H and O–H groups in total. The molecule has 144 valence electrons. The van der Waals surface area contributed by atoms with Crippen molar-refractivity contribution in [1.82, 2.24) is 0 Å². The Bertz CT molecular complexity index is 1110. The van der Waals surface area contributed by atoms with Gasteiger partial charge in [-0.3, -0.25) is 0 Å². The summed E-state index contributed by atoms with van der Waals surface area (Å²) in [7, 11) is -10.6. The second-order valence-electron chi connectivity index (χ2n) is 5.14. The summed E-state index contributed by atoms with van der Waals surface area (Å²) in [6.07, 6.45) is 2.12. The molecule has 2 rings (SSSR count). The Labute approximate surface area is 162 Å². The standard InChI is InChI=1S/C7H8ClNO4S2.C7H7ClO2S/c1-14(10,11)5-2-3-6(8)7(4-5)15(9,12)13;1-11(9,10)7-4-2-6(8)3-5-7/h2-4H,1H3,(H2,9,12,13);2-5H,1H3. The predicted octanol–water partition coefficient (Wildman–Crippen LogP) is 2.13. The first-order chi connectivity index (χ1) is 11.6. The molecule has 0 aromatic heterocycles. The largest absolute Gasteiger partial charge is 0.239 e. The summed E-state index contributed by atoms with van der Waals surface area (Å²) in [4.78, 5) is -0.245. The van der Waals surface area contributed by atoms with Crippen LogP contribution in [0.2, 0.25) is 10.0 Å². The predicted molar refractivity (Wildman–Crippen MR) is 100 cm³/mol. The lowest BCUT2D eigenvalue weighted by molar-refractivity contribution is 0.596. The Hall–Kier alpha value is -1.17. The number of nitrogens with two attached hydrogens (primary N) is 1. The van der Waals surface area contributed by atoms with Gasteiger partial charge in [0.05, 0.1) is 14.8 Å². The van der Waals surface area contributed by atoms with Crippen molar-refractivity contribution in [3.63, 3.8) is 0 Å². The van der Waals surface area contributed by atoms with Crippen LogP contribution in [0.1, 0.15) is 0 Å². The van der Waals surface area contributed by atoms with Crippen LogP contribution >= 0.6 is 23.2 Å². The number of benzene rings is 2. The second kappa shape index (κ2) is 8.24. The van der Waals surface area contributed by atoms with Gasteiger partial charge in [-0.2, -0.15) is 0 Å². The van der Waals surface area contributed by atoms with Gasteiger partial charge in [-0.1, -0.05) is 23.2 Å². The zero-order chi connectivity index (χ0) is 20.3. The van der Waals surface area contributed by atoms with Crippen molar-refractivity contribution in [2.75, 3.05) is 12.5 Å².